The molecule has 0 amide bonds. The molecule has 3 rings (SSSR count). The summed E-state index contributed by atoms with van der Waals surface area (Å²) in [5.41, 5.74) is 6.80. The lowest BCUT2D eigenvalue weighted by Gasteiger charge is -1.99. The van der Waals surface area contributed by atoms with E-state index >= 15 is 0 Å². The normalized spacial score (nSPS) is 13.0. The van der Waals surface area contributed by atoms with Gasteiger partial charge in [-0.2, -0.15) is 9.61 Å². The molecular weight excluding hydrogens is 246 g/mol. The summed E-state index contributed by atoms with van der Waals surface area (Å²) in [5, 5.41) is 13.8. The summed E-state index contributed by atoms with van der Waals surface area (Å²) >= 11 is 1.54. The third-order valence-corrected chi connectivity index (χ3v) is 3.48. The molecule has 92 valence electrons. The molecule has 0 saturated heterocycles. The molecule has 3 aromatic rings. The fraction of sp³-hybridized carbons (Fsp3) is 0.250. The molecule has 0 fully saturated rings. The van der Waals surface area contributed by atoms with Crippen LogP contribution in [0.1, 0.15) is 11.9 Å². The van der Waals surface area contributed by atoms with E-state index in [4.69, 9.17) is 5.73 Å². The lowest BCUT2D eigenvalue weighted by Crippen LogP contribution is -2.17. The number of fused-ring (bicyclic) bond motifs is 1. The van der Waals surface area contributed by atoms with E-state index in [1.165, 1.54) is 11.3 Å². The standard InChI is InChI=1S/C12H13N5S/c1-8(13)7-10-16-17-11(14-15-12(17)18-10)9-5-3-2-4-6-9/h2-6,8H,7,13H2,1H3. The highest BCUT2D eigenvalue weighted by Crippen LogP contribution is 2.21. The van der Waals surface area contributed by atoms with Crippen LogP contribution in [0.25, 0.3) is 16.3 Å². The summed E-state index contributed by atoms with van der Waals surface area (Å²) < 4.78 is 1.79. The first-order valence-corrected chi connectivity index (χ1v) is 6.58. The zero-order chi connectivity index (χ0) is 12.5. The smallest absolute Gasteiger partial charge is 0.234 e. The Balaban J connectivity index is 2.06. The van der Waals surface area contributed by atoms with Gasteiger partial charge in [0.2, 0.25) is 4.96 Å². The molecule has 0 spiro atoms. The topological polar surface area (TPSA) is 69.1 Å². The predicted molar refractivity (Wildman–Crippen MR) is 71.4 cm³/mol. The van der Waals surface area contributed by atoms with E-state index in [9.17, 15) is 0 Å². The van der Waals surface area contributed by atoms with Crippen LogP contribution in [0.3, 0.4) is 0 Å². The number of benzene rings is 1. The summed E-state index contributed by atoms with van der Waals surface area (Å²) in [6.45, 7) is 1.97. The van der Waals surface area contributed by atoms with Crippen molar-refractivity contribution in [3.63, 3.8) is 0 Å². The van der Waals surface area contributed by atoms with E-state index in [0.29, 0.717) is 0 Å². The van der Waals surface area contributed by atoms with Crippen molar-refractivity contribution in [1.82, 2.24) is 19.8 Å². The predicted octanol–water partition coefficient (Wildman–Crippen LogP) is 1.74. The van der Waals surface area contributed by atoms with Gasteiger partial charge in [0.1, 0.15) is 5.01 Å². The molecule has 1 aromatic carbocycles. The molecule has 1 atom stereocenters. The second-order valence-corrected chi connectivity index (χ2v) is 5.30. The molecule has 0 bridgehead atoms. The molecule has 2 N–H and O–H groups in total. The van der Waals surface area contributed by atoms with Crippen molar-refractivity contribution in [2.75, 3.05) is 0 Å². The number of hydrogen-bond donors (Lipinski definition) is 1. The van der Waals surface area contributed by atoms with Gasteiger partial charge in [-0.1, -0.05) is 41.7 Å². The minimum Gasteiger partial charge on any atom is -0.328 e. The van der Waals surface area contributed by atoms with Crippen LogP contribution in [0.2, 0.25) is 0 Å². The Labute approximate surface area is 108 Å². The maximum absolute atomic E-state index is 5.79. The Morgan fingerprint density at radius 2 is 2.06 bits per heavy atom. The van der Waals surface area contributed by atoms with Crippen LogP contribution < -0.4 is 5.73 Å². The van der Waals surface area contributed by atoms with Gasteiger partial charge in [0.05, 0.1) is 0 Å². The van der Waals surface area contributed by atoms with E-state index in [1.807, 2.05) is 37.3 Å². The van der Waals surface area contributed by atoms with Crippen molar-refractivity contribution in [2.24, 2.45) is 5.73 Å². The second kappa shape index (κ2) is 4.47. The van der Waals surface area contributed by atoms with Crippen molar-refractivity contribution in [3.8, 4) is 11.4 Å². The third-order valence-electron chi connectivity index (χ3n) is 2.56. The average molecular weight is 259 g/mol. The van der Waals surface area contributed by atoms with Gasteiger partial charge in [-0.05, 0) is 6.92 Å². The molecule has 0 aliphatic rings. The number of aromatic nitrogens is 4. The van der Waals surface area contributed by atoms with Crippen molar-refractivity contribution in [2.45, 2.75) is 19.4 Å². The van der Waals surface area contributed by atoms with Gasteiger partial charge >= 0.3 is 0 Å². The van der Waals surface area contributed by atoms with E-state index < -0.39 is 0 Å². The molecule has 2 aromatic heterocycles. The van der Waals surface area contributed by atoms with Crippen LogP contribution in [0.15, 0.2) is 30.3 Å². The largest absolute Gasteiger partial charge is 0.328 e. The number of nitrogens with two attached hydrogens (primary N) is 1. The van der Waals surface area contributed by atoms with Crippen LogP contribution >= 0.6 is 11.3 Å². The number of hydrogen-bond acceptors (Lipinski definition) is 5. The van der Waals surface area contributed by atoms with Gasteiger partial charge in [0.15, 0.2) is 5.82 Å². The summed E-state index contributed by atoms with van der Waals surface area (Å²) in [5.74, 6) is 0.776. The lowest BCUT2D eigenvalue weighted by atomic mass is 10.2. The monoisotopic (exact) mass is 259 g/mol. The first kappa shape index (κ1) is 11.3. The molecular formula is C12H13N5S. The summed E-state index contributed by atoms with van der Waals surface area (Å²) in [7, 11) is 0. The highest BCUT2D eigenvalue weighted by atomic mass is 32.1. The summed E-state index contributed by atoms with van der Waals surface area (Å²) in [4.78, 5) is 0.810. The molecule has 0 aliphatic carbocycles. The molecule has 0 aliphatic heterocycles. The van der Waals surface area contributed by atoms with Crippen LogP contribution in [0.4, 0.5) is 0 Å². The van der Waals surface area contributed by atoms with Crippen molar-refractivity contribution in [1.29, 1.82) is 0 Å². The van der Waals surface area contributed by atoms with Crippen LogP contribution in [0, 0.1) is 0 Å². The highest BCUT2D eigenvalue weighted by molar-refractivity contribution is 7.16. The molecule has 0 radical (unpaired) electrons. The molecule has 2 heterocycles. The zero-order valence-corrected chi connectivity index (χ0v) is 10.8. The Hall–Kier alpha value is -1.79. The van der Waals surface area contributed by atoms with Crippen LogP contribution in [-0.4, -0.2) is 25.9 Å². The first-order valence-electron chi connectivity index (χ1n) is 5.76. The Morgan fingerprint density at radius 1 is 1.28 bits per heavy atom. The number of rotatable bonds is 3. The third kappa shape index (κ3) is 2.00. The van der Waals surface area contributed by atoms with Crippen LogP contribution in [0.5, 0.6) is 0 Å². The molecule has 0 saturated carbocycles. The molecule has 6 heteroatoms. The van der Waals surface area contributed by atoms with E-state index in [0.717, 1.165) is 27.8 Å². The Kier molecular flexibility index (Phi) is 2.81. The van der Waals surface area contributed by atoms with Crippen molar-refractivity contribution < 1.29 is 0 Å². The van der Waals surface area contributed by atoms with Gasteiger partial charge in [-0.15, -0.1) is 10.2 Å². The zero-order valence-electron chi connectivity index (χ0n) is 9.95. The fourth-order valence-corrected chi connectivity index (χ4v) is 2.76. The van der Waals surface area contributed by atoms with Crippen molar-refractivity contribution >= 4 is 16.3 Å². The van der Waals surface area contributed by atoms with E-state index in [1.54, 1.807) is 4.52 Å². The van der Waals surface area contributed by atoms with Gasteiger partial charge in [0.25, 0.3) is 0 Å². The van der Waals surface area contributed by atoms with E-state index in [2.05, 4.69) is 15.3 Å². The second-order valence-electron chi connectivity index (χ2n) is 4.26. The van der Waals surface area contributed by atoms with Gasteiger partial charge in [-0.25, -0.2) is 0 Å². The minimum atomic E-state index is 0.106. The maximum atomic E-state index is 5.79. The molecule has 18 heavy (non-hydrogen) atoms. The van der Waals surface area contributed by atoms with Crippen LogP contribution in [-0.2, 0) is 6.42 Å². The minimum absolute atomic E-state index is 0.106. The van der Waals surface area contributed by atoms with Gasteiger partial charge in [0, 0.05) is 18.0 Å². The van der Waals surface area contributed by atoms with E-state index in [-0.39, 0.29) is 6.04 Å². The first-order chi connectivity index (χ1) is 8.74. The summed E-state index contributed by atoms with van der Waals surface area (Å²) in [6, 6.07) is 10.0. The fourth-order valence-electron chi connectivity index (χ4n) is 1.78. The Bertz CT molecular complexity index is 655. The molecule has 5 nitrogen and oxygen atoms in total. The van der Waals surface area contributed by atoms with Gasteiger partial charge < -0.3 is 5.73 Å². The highest BCUT2D eigenvalue weighted by Gasteiger charge is 2.13. The molecule has 1 unspecified atom stereocenters. The quantitative estimate of drug-likeness (QED) is 0.778. The number of nitrogens with zero attached hydrogens (tertiary/aromatic N) is 4. The van der Waals surface area contributed by atoms with Crippen molar-refractivity contribution in [3.05, 3.63) is 35.3 Å². The Morgan fingerprint density at radius 3 is 2.78 bits per heavy atom. The summed E-state index contributed by atoms with van der Waals surface area (Å²) in [6.07, 6.45) is 0.766. The van der Waals surface area contributed by atoms with Gasteiger partial charge in [-0.3, -0.25) is 0 Å². The maximum Gasteiger partial charge on any atom is 0.234 e. The SMILES string of the molecule is CC(N)Cc1nn2c(-c3ccccc3)nnc2s1. The average Bonchev–Trinajstić information content (AvgIpc) is 2.88. The lowest BCUT2D eigenvalue weighted by molar-refractivity contribution is 0.720.